The van der Waals surface area contributed by atoms with Crippen LogP contribution in [0.2, 0.25) is 0 Å². The average Bonchev–Trinajstić information content (AvgIpc) is 2.80. The lowest BCUT2D eigenvalue weighted by atomic mass is 10.2. The Balaban J connectivity index is 1.84. The molecule has 0 saturated heterocycles. The quantitative estimate of drug-likeness (QED) is 0.723. The van der Waals surface area contributed by atoms with Crippen LogP contribution in [0.3, 0.4) is 0 Å². The summed E-state index contributed by atoms with van der Waals surface area (Å²) in [6, 6.07) is 16.7. The van der Waals surface area contributed by atoms with E-state index in [1.54, 1.807) is 16.7 Å². The van der Waals surface area contributed by atoms with Gasteiger partial charge in [-0.1, -0.05) is 36.4 Å². The predicted molar refractivity (Wildman–Crippen MR) is 81.0 cm³/mol. The van der Waals surface area contributed by atoms with Crippen molar-refractivity contribution in [2.75, 3.05) is 6.61 Å². The van der Waals surface area contributed by atoms with Gasteiger partial charge in [0.25, 0.3) is 0 Å². The Hall–Kier alpha value is -2.82. The summed E-state index contributed by atoms with van der Waals surface area (Å²) in [5.74, 6) is 0.644. The molecule has 0 aliphatic rings. The molecule has 1 N–H and O–H groups in total. The summed E-state index contributed by atoms with van der Waals surface area (Å²) in [7, 11) is 0. The third-order valence-corrected chi connectivity index (χ3v) is 3.34. The lowest BCUT2D eigenvalue weighted by molar-refractivity contribution is 0.290. The average molecular weight is 282 g/mol. The molecule has 3 aromatic rings. The van der Waals surface area contributed by atoms with Gasteiger partial charge in [-0.05, 0) is 23.4 Å². The molecule has 106 valence electrons. The molecule has 0 bridgehead atoms. The maximum atomic E-state index is 10.9. The Morgan fingerprint density at radius 2 is 1.76 bits per heavy atom. The number of ether oxygens (including phenoxy) is 1. The summed E-state index contributed by atoms with van der Waals surface area (Å²) >= 11 is 0. The van der Waals surface area contributed by atoms with Crippen molar-refractivity contribution in [2.45, 2.75) is 6.54 Å². The summed E-state index contributed by atoms with van der Waals surface area (Å²) in [5, 5.41) is 13.7. The fraction of sp³-hybridized carbons (Fsp3) is 0.125. The fourth-order valence-corrected chi connectivity index (χ4v) is 2.36. The fourth-order valence-electron chi connectivity index (χ4n) is 2.36. The zero-order valence-corrected chi connectivity index (χ0v) is 11.3. The van der Waals surface area contributed by atoms with Crippen molar-refractivity contribution in [2.24, 2.45) is 5.18 Å². The molecule has 5 heteroatoms. The van der Waals surface area contributed by atoms with E-state index in [9.17, 15) is 10.0 Å². The van der Waals surface area contributed by atoms with Gasteiger partial charge in [0.2, 0.25) is 5.88 Å². The lowest BCUT2D eigenvalue weighted by Gasteiger charge is -2.09. The summed E-state index contributed by atoms with van der Waals surface area (Å²) < 4.78 is 7.25. The van der Waals surface area contributed by atoms with E-state index in [1.165, 1.54) is 0 Å². The van der Waals surface area contributed by atoms with Gasteiger partial charge in [0.1, 0.15) is 12.4 Å². The molecule has 0 fully saturated rings. The summed E-state index contributed by atoms with van der Waals surface area (Å²) in [6.45, 7) is 0.811. The third kappa shape index (κ3) is 2.45. The van der Waals surface area contributed by atoms with Crippen LogP contribution in [0, 0.1) is 4.91 Å². The maximum Gasteiger partial charge on any atom is 0.222 e. The Kier molecular flexibility index (Phi) is 3.55. The third-order valence-electron chi connectivity index (χ3n) is 3.34. The number of hydrogen-bond acceptors (Lipinski definition) is 4. The molecule has 3 rings (SSSR count). The molecule has 0 spiro atoms. The van der Waals surface area contributed by atoms with Gasteiger partial charge in [-0.25, -0.2) is 0 Å². The highest BCUT2D eigenvalue weighted by atomic mass is 16.5. The van der Waals surface area contributed by atoms with E-state index in [-0.39, 0.29) is 11.6 Å². The molecular formula is C16H14N2O3. The number of aromatic hydroxyl groups is 1. The van der Waals surface area contributed by atoms with Crippen LogP contribution in [0.4, 0.5) is 5.69 Å². The van der Waals surface area contributed by atoms with Crippen LogP contribution in [0.25, 0.3) is 10.9 Å². The minimum atomic E-state index is -0.122. The van der Waals surface area contributed by atoms with Crippen LogP contribution in [0.1, 0.15) is 0 Å². The molecule has 21 heavy (non-hydrogen) atoms. The van der Waals surface area contributed by atoms with Crippen LogP contribution in [0.5, 0.6) is 11.6 Å². The van der Waals surface area contributed by atoms with Gasteiger partial charge >= 0.3 is 0 Å². The van der Waals surface area contributed by atoms with Crippen LogP contribution in [-0.2, 0) is 6.54 Å². The molecule has 0 atom stereocenters. The van der Waals surface area contributed by atoms with Crippen LogP contribution in [0.15, 0.2) is 59.8 Å². The van der Waals surface area contributed by atoms with Gasteiger partial charge < -0.3 is 14.4 Å². The number of benzene rings is 2. The number of fused-ring (bicyclic) bond motifs is 1. The minimum absolute atomic E-state index is 0.0744. The topological polar surface area (TPSA) is 63.8 Å². The Bertz CT molecular complexity index is 766. The van der Waals surface area contributed by atoms with E-state index in [2.05, 4.69) is 5.18 Å². The van der Waals surface area contributed by atoms with E-state index in [0.29, 0.717) is 18.5 Å². The molecule has 1 aromatic heterocycles. The number of para-hydroxylation sites is 2. The number of hydrogen-bond donors (Lipinski definition) is 1. The smallest absolute Gasteiger partial charge is 0.222 e. The second-order valence-electron chi connectivity index (χ2n) is 4.59. The SMILES string of the molecule is O=Nc1c(O)n(CCOc2ccccc2)c2ccccc12. The van der Waals surface area contributed by atoms with E-state index in [1.807, 2.05) is 42.5 Å². The number of rotatable bonds is 5. The number of aromatic nitrogens is 1. The molecule has 0 aliphatic heterocycles. The van der Waals surface area contributed by atoms with Gasteiger partial charge in [-0.3, -0.25) is 0 Å². The summed E-state index contributed by atoms with van der Waals surface area (Å²) in [5.41, 5.74) is 0.839. The van der Waals surface area contributed by atoms with Crippen molar-refractivity contribution in [1.29, 1.82) is 0 Å². The first-order valence-electron chi connectivity index (χ1n) is 6.62. The van der Waals surface area contributed by atoms with E-state index in [0.717, 1.165) is 11.3 Å². The molecule has 5 nitrogen and oxygen atoms in total. The Morgan fingerprint density at radius 1 is 1.05 bits per heavy atom. The van der Waals surface area contributed by atoms with Gasteiger partial charge in [-0.2, -0.15) is 0 Å². The molecule has 0 saturated carbocycles. The highest BCUT2D eigenvalue weighted by Crippen LogP contribution is 2.38. The molecular weight excluding hydrogens is 268 g/mol. The van der Waals surface area contributed by atoms with Gasteiger partial charge in [0, 0.05) is 5.39 Å². The van der Waals surface area contributed by atoms with E-state index in [4.69, 9.17) is 4.74 Å². The van der Waals surface area contributed by atoms with Crippen molar-refractivity contribution >= 4 is 16.6 Å². The molecule has 0 unspecified atom stereocenters. The molecule has 1 heterocycles. The maximum absolute atomic E-state index is 10.9. The molecule has 0 radical (unpaired) electrons. The highest BCUT2D eigenvalue weighted by molar-refractivity contribution is 5.94. The number of nitrogens with zero attached hydrogens (tertiary/aromatic N) is 2. The van der Waals surface area contributed by atoms with Crippen molar-refractivity contribution < 1.29 is 9.84 Å². The minimum Gasteiger partial charge on any atom is -0.493 e. The molecule has 0 amide bonds. The normalized spacial score (nSPS) is 10.7. The Labute approximate surface area is 121 Å². The Morgan fingerprint density at radius 3 is 2.52 bits per heavy atom. The summed E-state index contributed by atoms with van der Waals surface area (Å²) in [6.07, 6.45) is 0. The van der Waals surface area contributed by atoms with Crippen molar-refractivity contribution in [1.82, 2.24) is 4.57 Å². The zero-order valence-electron chi connectivity index (χ0n) is 11.3. The van der Waals surface area contributed by atoms with Gasteiger partial charge in [-0.15, -0.1) is 4.91 Å². The van der Waals surface area contributed by atoms with Gasteiger partial charge in [0.05, 0.1) is 12.1 Å². The zero-order chi connectivity index (χ0) is 14.7. The second kappa shape index (κ2) is 5.66. The molecule has 2 aromatic carbocycles. The van der Waals surface area contributed by atoms with Gasteiger partial charge in [0.15, 0.2) is 5.69 Å². The second-order valence-corrected chi connectivity index (χ2v) is 4.59. The first-order valence-corrected chi connectivity index (χ1v) is 6.62. The van der Waals surface area contributed by atoms with E-state index >= 15 is 0 Å². The first-order chi connectivity index (χ1) is 10.3. The van der Waals surface area contributed by atoms with Crippen LogP contribution >= 0.6 is 0 Å². The van der Waals surface area contributed by atoms with Crippen molar-refractivity contribution in [3.63, 3.8) is 0 Å². The standard InChI is InChI=1S/C16H14N2O3/c19-16-15(17-20)13-8-4-5-9-14(13)18(16)10-11-21-12-6-2-1-3-7-12/h1-9,19H,10-11H2. The van der Waals surface area contributed by atoms with Crippen molar-refractivity contribution in [3.05, 3.63) is 59.5 Å². The summed E-state index contributed by atoms with van der Waals surface area (Å²) in [4.78, 5) is 10.9. The highest BCUT2D eigenvalue weighted by Gasteiger charge is 2.16. The molecule has 0 aliphatic carbocycles. The van der Waals surface area contributed by atoms with Crippen LogP contribution in [-0.4, -0.2) is 16.3 Å². The lowest BCUT2D eigenvalue weighted by Crippen LogP contribution is -2.07. The van der Waals surface area contributed by atoms with E-state index < -0.39 is 0 Å². The van der Waals surface area contributed by atoms with Crippen molar-refractivity contribution in [3.8, 4) is 11.6 Å². The number of nitroso groups, excluding NO2 is 1. The largest absolute Gasteiger partial charge is 0.493 e. The monoisotopic (exact) mass is 282 g/mol. The predicted octanol–water partition coefficient (Wildman–Crippen LogP) is 3.82. The first kappa shape index (κ1) is 13.2. The van der Waals surface area contributed by atoms with Crippen LogP contribution < -0.4 is 4.74 Å².